The van der Waals surface area contributed by atoms with Crippen molar-refractivity contribution in [2.75, 3.05) is 0 Å². The van der Waals surface area contributed by atoms with E-state index in [1.165, 1.54) is 0 Å². The second-order valence-electron chi connectivity index (χ2n) is 3.40. The molecule has 0 fully saturated rings. The van der Waals surface area contributed by atoms with Crippen LogP contribution in [0.25, 0.3) is 0 Å². The van der Waals surface area contributed by atoms with E-state index >= 15 is 0 Å². The van der Waals surface area contributed by atoms with Crippen molar-refractivity contribution in [2.24, 2.45) is 0 Å². The molecule has 0 saturated heterocycles. The van der Waals surface area contributed by atoms with Crippen LogP contribution in [0.3, 0.4) is 0 Å². The maximum atomic E-state index is 10.9. The molecule has 0 aliphatic carbocycles. The molecule has 0 aliphatic rings. The third-order valence-corrected chi connectivity index (χ3v) is 2.75. The molecule has 0 radical (unpaired) electrons. The predicted octanol–water partition coefficient (Wildman–Crippen LogP) is 3.21. The van der Waals surface area contributed by atoms with E-state index < -0.39 is 0 Å². The quantitative estimate of drug-likeness (QED) is 0.679. The summed E-state index contributed by atoms with van der Waals surface area (Å²) < 4.78 is 0. The number of halogens is 1. The summed E-state index contributed by atoms with van der Waals surface area (Å²) >= 11 is 5.76. The average Bonchev–Trinajstić information content (AvgIpc) is 2.18. The van der Waals surface area contributed by atoms with Gasteiger partial charge < -0.3 is 4.79 Å². The van der Waals surface area contributed by atoms with E-state index in [-0.39, 0.29) is 5.41 Å². The third kappa shape index (κ3) is 2.10. The van der Waals surface area contributed by atoms with Crippen molar-refractivity contribution in [2.45, 2.75) is 25.7 Å². The van der Waals surface area contributed by atoms with Gasteiger partial charge in [0, 0.05) is 10.4 Å². The summed E-state index contributed by atoms with van der Waals surface area (Å²) in [6.07, 6.45) is 1.80. The molecule has 0 N–H and O–H groups in total. The van der Waals surface area contributed by atoms with Crippen LogP contribution >= 0.6 is 11.6 Å². The van der Waals surface area contributed by atoms with Gasteiger partial charge >= 0.3 is 0 Å². The summed E-state index contributed by atoms with van der Waals surface area (Å²) in [6.45, 7) is 3.94. The molecule has 1 nitrogen and oxygen atoms in total. The largest absolute Gasteiger partial charge is 0.302 e. The maximum Gasteiger partial charge on any atom is 0.130 e. The van der Waals surface area contributed by atoms with Crippen molar-refractivity contribution in [3.8, 4) is 0 Å². The molecule has 0 amide bonds. The number of hydrogen-bond acceptors (Lipinski definition) is 1. The van der Waals surface area contributed by atoms with Crippen molar-refractivity contribution in [3.63, 3.8) is 0 Å². The minimum absolute atomic E-state index is 0.370. The molecule has 0 spiro atoms. The lowest BCUT2D eigenvalue weighted by Gasteiger charge is -2.21. The molecule has 0 heterocycles. The third-order valence-electron chi connectivity index (χ3n) is 2.50. The van der Waals surface area contributed by atoms with E-state index in [4.69, 9.17) is 11.6 Å². The fourth-order valence-corrected chi connectivity index (χ4v) is 1.31. The minimum Gasteiger partial charge on any atom is -0.302 e. The van der Waals surface area contributed by atoms with Crippen LogP contribution in [0.2, 0.25) is 5.02 Å². The summed E-state index contributed by atoms with van der Waals surface area (Å²) in [7, 11) is 0. The van der Waals surface area contributed by atoms with Crippen LogP contribution in [0.4, 0.5) is 0 Å². The first-order valence-corrected chi connectivity index (χ1v) is 4.72. The predicted molar refractivity (Wildman–Crippen MR) is 55.2 cm³/mol. The van der Waals surface area contributed by atoms with Gasteiger partial charge in [0.2, 0.25) is 0 Å². The molecule has 1 aromatic carbocycles. The molecule has 1 rings (SSSR count). The van der Waals surface area contributed by atoms with Gasteiger partial charge in [-0.1, -0.05) is 30.7 Å². The van der Waals surface area contributed by atoms with Crippen LogP contribution in [0.1, 0.15) is 25.8 Å². The van der Waals surface area contributed by atoms with Crippen LogP contribution in [0.5, 0.6) is 0 Å². The van der Waals surface area contributed by atoms with Crippen molar-refractivity contribution < 1.29 is 4.79 Å². The Morgan fingerprint density at radius 3 is 2.31 bits per heavy atom. The Labute approximate surface area is 83.7 Å². The number of rotatable bonds is 3. The summed E-state index contributed by atoms with van der Waals surface area (Å²) in [5.74, 6) is 0. The highest BCUT2D eigenvalue weighted by molar-refractivity contribution is 6.30. The van der Waals surface area contributed by atoms with Gasteiger partial charge in [-0.3, -0.25) is 0 Å². The smallest absolute Gasteiger partial charge is 0.130 e. The molecular weight excluding hydrogens is 184 g/mol. The highest BCUT2D eigenvalue weighted by Crippen LogP contribution is 2.25. The molecule has 1 unspecified atom stereocenters. The first-order chi connectivity index (χ1) is 6.12. The molecule has 0 saturated carbocycles. The Morgan fingerprint density at radius 1 is 1.38 bits per heavy atom. The maximum absolute atomic E-state index is 10.9. The Hall–Kier alpha value is -0.820. The molecule has 70 valence electrons. The topological polar surface area (TPSA) is 17.1 Å². The Morgan fingerprint density at radius 2 is 1.92 bits per heavy atom. The average molecular weight is 197 g/mol. The van der Waals surface area contributed by atoms with Gasteiger partial charge in [0.15, 0.2) is 0 Å². The van der Waals surface area contributed by atoms with E-state index in [0.29, 0.717) is 5.02 Å². The monoisotopic (exact) mass is 196 g/mol. The van der Waals surface area contributed by atoms with E-state index in [2.05, 4.69) is 0 Å². The second-order valence-corrected chi connectivity index (χ2v) is 3.83. The van der Waals surface area contributed by atoms with E-state index in [1.54, 1.807) is 0 Å². The van der Waals surface area contributed by atoms with Crippen LogP contribution in [0.15, 0.2) is 24.3 Å². The van der Waals surface area contributed by atoms with Crippen molar-refractivity contribution in [1.29, 1.82) is 0 Å². The number of aldehydes is 1. The SMILES string of the molecule is CCC(C)(C=O)c1ccc(Cl)cc1. The zero-order valence-corrected chi connectivity index (χ0v) is 8.64. The molecular formula is C11H13ClO. The van der Waals surface area contributed by atoms with Crippen LogP contribution in [-0.2, 0) is 10.2 Å². The number of benzene rings is 1. The van der Waals surface area contributed by atoms with Crippen molar-refractivity contribution in [1.82, 2.24) is 0 Å². The molecule has 0 bridgehead atoms. The highest BCUT2D eigenvalue weighted by Gasteiger charge is 2.23. The number of carbonyl (C=O) groups is 1. The standard InChI is InChI=1S/C11H13ClO/c1-3-11(2,8-13)9-4-6-10(12)7-5-9/h4-8H,3H2,1-2H3. The van der Waals surface area contributed by atoms with E-state index in [1.807, 2.05) is 38.1 Å². The Bertz CT molecular complexity index is 291. The molecule has 1 atom stereocenters. The van der Waals surface area contributed by atoms with Gasteiger partial charge in [0.25, 0.3) is 0 Å². The molecule has 13 heavy (non-hydrogen) atoms. The second kappa shape index (κ2) is 3.93. The van der Waals surface area contributed by atoms with Gasteiger partial charge in [-0.2, -0.15) is 0 Å². The lowest BCUT2D eigenvalue weighted by molar-refractivity contribution is -0.112. The van der Waals surface area contributed by atoms with Crippen molar-refractivity contribution >= 4 is 17.9 Å². The molecule has 0 aromatic heterocycles. The number of hydrogen-bond donors (Lipinski definition) is 0. The summed E-state index contributed by atoms with van der Waals surface area (Å²) in [6, 6.07) is 7.43. The van der Waals surface area contributed by atoms with Gasteiger partial charge in [0.05, 0.1) is 0 Å². The first kappa shape index (κ1) is 10.3. The Kier molecular flexibility index (Phi) is 3.10. The lowest BCUT2D eigenvalue weighted by atomic mass is 9.82. The lowest BCUT2D eigenvalue weighted by Crippen LogP contribution is -2.22. The van der Waals surface area contributed by atoms with E-state index in [9.17, 15) is 4.79 Å². The van der Waals surface area contributed by atoms with Crippen LogP contribution in [0, 0.1) is 0 Å². The molecule has 0 aliphatic heterocycles. The van der Waals surface area contributed by atoms with Crippen LogP contribution < -0.4 is 0 Å². The Balaban J connectivity index is 3.06. The first-order valence-electron chi connectivity index (χ1n) is 4.35. The van der Waals surface area contributed by atoms with Crippen LogP contribution in [-0.4, -0.2) is 6.29 Å². The summed E-state index contributed by atoms with van der Waals surface area (Å²) in [4.78, 5) is 10.9. The van der Waals surface area contributed by atoms with Gasteiger partial charge in [-0.05, 0) is 31.0 Å². The van der Waals surface area contributed by atoms with Gasteiger partial charge in [-0.25, -0.2) is 0 Å². The fraction of sp³-hybridized carbons (Fsp3) is 0.364. The number of carbonyl (C=O) groups excluding carboxylic acids is 1. The zero-order valence-electron chi connectivity index (χ0n) is 7.88. The molecule has 1 aromatic rings. The molecule has 2 heteroatoms. The van der Waals surface area contributed by atoms with Gasteiger partial charge in [-0.15, -0.1) is 0 Å². The zero-order chi connectivity index (χ0) is 9.90. The highest BCUT2D eigenvalue weighted by atomic mass is 35.5. The van der Waals surface area contributed by atoms with Crippen molar-refractivity contribution in [3.05, 3.63) is 34.9 Å². The summed E-state index contributed by atoms with van der Waals surface area (Å²) in [5, 5.41) is 0.702. The van der Waals surface area contributed by atoms with E-state index in [0.717, 1.165) is 18.3 Å². The normalized spacial score (nSPS) is 15.0. The fourth-order valence-electron chi connectivity index (χ4n) is 1.19. The minimum atomic E-state index is -0.370. The van der Waals surface area contributed by atoms with Gasteiger partial charge in [0.1, 0.15) is 6.29 Å². The summed E-state index contributed by atoms with van der Waals surface area (Å²) in [5.41, 5.74) is 0.652.